The first-order chi connectivity index (χ1) is 6.79. The summed E-state index contributed by atoms with van der Waals surface area (Å²) in [4.78, 5) is 7.31. The number of rotatable bonds is 2. The summed E-state index contributed by atoms with van der Waals surface area (Å²) in [6.45, 7) is 1.93. The van der Waals surface area contributed by atoms with E-state index in [0.29, 0.717) is 0 Å². The molecule has 4 heteroatoms. The Morgan fingerprint density at radius 3 is 2.50 bits per heavy atom. The Bertz CT molecular complexity index is 416. The number of nitrogens with one attached hydrogen (secondary N) is 2. The van der Waals surface area contributed by atoms with Crippen molar-refractivity contribution >= 4 is 5.69 Å². The van der Waals surface area contributed by atoms with E-state index in [9.17, 15) is 0 Å². The van der Waals surface area contributed by atoms with Gasteiger partial charge in [0.25, 0.3) is 0 Å². The van der Waals surface area contributed by atoms with Crippen LogP contribution in [0.2, 0.25) is 0 Å². The molecule has 0 unspecified atom stereocenters. The molecule has 0 spiro atoms. The molecule has 0 saturated heterocycles. The molecule has 1 heterocycles. The zero-order valence-corrected chi connectivity index (χ0v) is 7.91. The van der Waals surface area contributed by atoms with Crippen molar-refractivity contribution in [1.82, 2.24) is 9.97 Å². The highest BCUT2D eigenvalue weighted by Gasteiger charge is 1.99. The monoisotopic (exact) mass is 188 g/mol. The minimum Gasteiger partial charge on any atom is -0.342 e. The molecular weight excluding hydrogens is 176 g/mol. The molecule has 0 saturated carbocycles. The highest BCUT2D eigenvalue weighted by Crippen LogP contribution is 2.18. The first kappa shape index (κ1) is 8.77. The van der Waals surface area contributed by atoms with Crippen molar-refractivity contribution < 1.29 is 0 Å². The first-order valence-corrected chi connectivity index (χ1v) is 4.38. The molecule has 72 valence electrons. The summed E-state index contributed by atoms with van der Waals surface area (Å²) in [7, 11) is 0. The average molecular weight is 188 g/mol. The molecule has 1 aromatic carbocycles. The first-order valence-electron chi connectivity index (χ1n) is 4.38. The van der Waals surface area contributed by atoms with Gasteiger partial charge in [-0.2, -0.15) is 0 Å². The van der Waals surface area contributed by atoms with Crippen LogP contribution in [0.15, 0.2) is 30.5 Å². The zero-order chi connectivity index (χ0) is 9.97. The molecule has 0 aliphatic rings. The normalized spacial score (nSPS) is 10.1. The number of anilines is 1. The number of benzene rings is 1. The van der Waals surface area contributed by atoms with Crippen LogP contribution in [0, 0.1) is 6.92 Å². The van der Waals surface area contributed by atoms with Gasteiger partial charge in [-0.15, -0.1) is 0 Å². The lowest BCUT2D eigenvalue weighted by molar-refractivity contribution is 1.15. The number of nitrogens with zero attached hydrogens (tertiary/aromatic N) is 1. The van der Waals surface area contributed by atoms with E-state index in [1.54, 1.807) is 0 Å². The number of hydrogen-bond acceptors (Lipinski definition) is 3. The van der Waals surface area contributed by atoms with Gasteiger partial charge in [0.1, 0.15) is 5.82 Å². The molecule has 2 aromatic rings. The molecule has 0 bridgehead atoms. The molecule has 0 amide bonds. The van der Waals surface area contributed by atoms with E-state index in [2.05, 4.69) is 15.4 Å². The van der Waals surface area contributed by atoms with Gasteiger partial charge in [-0.25, -0.2) is 4.98 Å². The van der Waals surface area contributed by atoms with Crippen molar-refractivity contribution in [2.24, 2.45) is 5.84 Å². The van der Waals surface area contributed by atoms with Gasteiger partial charge in [-0.05, 0) is 24.6 Å². The number of H-pyrrole nitrogens is 1. The summed E-state index contributed by atoms with van der Waals surface area (Å²) in [6.07, 6.45) is 1.82. The largest absolute Gasteiger partial charge is 0.342 e. The van der Waals surface area contributed by atoms with Crippen LogP contribution in [0.5, 0.6) is 0 Å². The number of nitrogens with two attached hydrogens (primary N) is 1. The van der Waals surface area contributed by atoms with E-state index < -0.39 is 0 Å². The fraction of sp³-hybridized carbons (Fsp3) is 0.100. The molecule has 4 N–H and O–H groups in total. The van der Waals surface area contributed by atoms with Crippen LogP contribution >= 0.6 is 0 Å². The third-order valence-electron chi connectivity index (χ3n) is 2.07. The maximum atomic E-state index is 5.27. The fourth-order valence-corrected chi connectivity index (χ4v) is 1.31. The highest BCUT2D eigenvalue weighted by molar-refractivity contribution is 5.61. The van der Waals surface area contributed by atoms with Gasteiger partial charge in [0.2, 0.25) is 0 Å². The van der Waals surface area contributed by atoms with E-state index >= 15 is 0 Å². The Balaban J connectivity index is 2.33. The summed E-state index contributed by atoms with van der Waals surface area (Å²) in [5, 5.41) is 0. The van der Waals surface area contributed by atoms with E-state index in [4.69, 9.17) is 5.84 Å². The average Bonchev–Trinajstić information content (AvgIpc) is 2.65. The number of aromatic nitrogens is 2. The van der Waals surface area contributed by atoms with Gasteiger partial charge >= 0.3 is 0 Å². The van der Waals surface area contributed by atoms with Crippen LogP contribution in [0.25, 0.3) is 11.3 Å². The van der Waals surface area contributed by atoms with Gasteiger partial charge in [-0.3, -0.25) is 5.84 Å². The lowest BCUT2D eigenvalue weighted by Crippen LogP contribution is -2.05. The molecule has 2 rings (SSSR count). The number of aryl methyl sites for hydroxylation is 1. The number of hydrogen-bond donors (Lipinski definition) is 3. The number of imidazole rings is 1. The Morgan fingerprint density at radius 1 is 1.29 bits per heavy atom. The Morgan fingerprint density at radius 2 is 2.00 bits per heavy atom. The number of aromatic amines is 1. The second-order valence-corrected chi connectivity index (χ2v) is 3.10. The summed E-state index contributed by atoms with van der Waals surface area (Å²) in [6, 6.07) is 7.82. The molecule has 0 fully saturated rings. The van der Waals surface area contributed by atoms with Crippen LogP contribution in [-0.2, 0) is 0 Å². The van der Waals surface area contributed by atoms with Crippen molar-refractivity contribution in [3.63, 3.8) is 0 Å². The maximum Gasteiger partial charge on any atom is 0.103 e. The molecule has 0 aliphatic heterocycles. The van der Waals surface area contributed by atoms with Crippen molar-refractivity contribution in [2.45, 2.75) is 6.92 Å². The lowest BCUT2D eigenvalue weighted by Gasteiger charge is -2.00. The van der Waals surface area contributed by atoms with Crippen LogP contribution < -0.4 is 11.3 Å². The smallest absolute Gasteiger partial charge is 0.103 e. The van der Waals surface area contributed by atoms with Gasteiger partial charge < -0.3 is 10.4 Å². The van der Waals surface area contributed by atoms with Crippen LogP contribution in [0.3, 0.4) is 0 Å². The quantitative estimate of drug-likeness (QED) is 0.496. The van der Waals surface area contributed by atoms with Crippen molar-refractivity contribution in [2.75, 3.05) is 5.43 Å². The molecule has 0 radical (unpaired) electrons. The predicted octanol–water partition coefficient (Wildman–Crippen LogP) is 1.67. The van der Waals surface area contributed by atoms with Gasteiger partial charge in [0.15, 0.2) is 0 Å². The Labute approximate surface area is 82.1 Å². The molecular formula is C10H12N4. The highest BCUT2D eigenvalue weighted by atomic mass is 15.2. The van der Waals surface area contributed by atoms with Crippen LogP contribution in [0.1, 0.15) is 5.82 Å². The van der Waals surface area contributed by atoms with Gasteiger partial charge in [0.05, 0.1) is 11.9 Å². The second kappa shape index (κ2) is 3.51. The third-order valence-corrected chi connectivity index (χ3v) is 2.07. The summed E-state index contributed by atoms with van der Waals surface area (Å²) >= 11 is 0. The second-order valence-electron chi connectivity index (χ2n) is 3.10. The maximum absolute atomic E-state index is 5.27. The number of hydrazine groups is 1. The van der Waals surface area contributed by atoms with E-state index in [1.165, 1.54) is 0 Å². The van der Waals surface area contributed by atoms with Crippen molar-refractivity contribution in [3.05, 3.63) is 36.3 Å². The third kappa shape index (κ3) is 1.60. The molecule has 0 atom stereocenters. The zero-order valence-electron chi connectivity index (χ0n) is 7.91. The Kier molecular flexibility index (Phi) is 2.20. The number of nitrogen functional groups attached to an aromatic ring is 1. The topological polar surface area (TPSA) is 66.7 Å². The SMILES string of the molecule is Cc1ncc(-c2ccc(NN)cc2)[nH]1. The fourth-order valence-electron chi connectivity index (χ4n) is 1.31. The summed E-state index contributed by atoms with van der Waals surface area (Å²) in [5.41, 5.74) is 5.60. The Hall–Kier alpha value is -1.81. The molecule has 14 heavy (non-hydrogen) atoms. The van der Waals surface area contributed by atoms with E-state index in [0.717, 1.165) is 22.8 Å². The molecule has 4 nitrogen and oxygen atoms in total. The minimum atomic E-state index is 0.894. The van der Waals surface area contributed by atoms with E-state index in [-0.39, 0.29) is 0 Å². The predicted molar refractivity (Wildman–Crippen MR) is 56.6 cm³/mol. The van der Waals surface area contributed by atoms with Crippen LogP contribution in [-0.4, -0.2) is 9.97 Å². The van der Waals surface area contributed by atoms with E-state index in [1.807, 2.05) is 37.4 Å². The summed E-state index contributed by atoms with van der Waals surface area (Å²) < 4.78 is 0. The van der Waals surface area contributed by atoms with Crippen molar-refractivity contribution in [1.29, 1.82) is 0 Å². The van der Waals surface area contributed by atoms with Crippen molar-refractivity contribution in [3.8, 4) is 11.3 Å². The minimum absolute atomic E-state index is 0.894. The van der Waals surface area contributed by atoms with Gasteiger partial charge in [-0.1, -0.05) is 12.1 Å². The molecule has 1 aromatic heterocycles. The molecule has 0 aliphatic carbocycles. The van der Waals surface area contributed by atoms with Crippen LogP contribution in [0.4, 0.5) is 5.69 Å². The lowest BCUT2D eigenvalue weighted by atomic mass is 10.1. The standard InChI is InChI=1S/C10H12N4/c1-7-12-6-10(13-7)8-2-4-9(14-11)5-3-8/h2-6,14H,11H2,1H3,(H,12,13). The summed E-state index contributed by atoms with van der Waals surface area (Å²) in [5.74, 6) is 6.19. The van der Waals surface area contributed by atoms with Gasteiger partial charge in [0, 0.05) is 5.69 Å².